The average Bonchev–Trinajstić information content (AvgIpc) is 3.09. The molecular formula is C16H14N2O2. The number of hydrogen-bond acceptors (Lipinski definition) is 3. The number of para-hydroxylation sites is 1. The maximum atomic E-state index is 5.95. The minimum atomic E-state index is -0.0363. The monoisotopic (exact) mass is 266 g/mol. The van der Waals surface area contributed by atoms with Crippen LogP contribution in [0.2, 0.25) is 0 Å². The lowest BCUT2D eigenvalue weighted by Gasteiger charge is -2.06. The van der Waals surface area contributed by atoms with Crippen molar-refractivity contribution in [2.24, 2.45) is 0 Å². The van der Waals surface area contributed by atoms with Crippen molar-refractivity contribution < 1.29 is 9.47 Å². The number of rotatable bonds is 2. The Morgan fingerprint density at radius 2 is 2.15 bits per heavy atom. The Morgan fingerprint density at radius 1 is 1.25 bits per heavy atom. The first kappa shape index (κ1) is 11.3. The van der Waals surface area contributed by atoms with Crippen LogP contribution in [0.4, 0.5) is 0 Å². The fourth-order valence-corrected chi connectivity index (χ4v) is 2.62. The lowest BCUT2D eigenvalue weighted by Crippen LogP contribution is -2.05. The maximum Gasteiger partial charge on any atom is 0.160 e. The molecule has 4 nitrogen and oxygen atoms in total. The number of methoxy groups -OCH3 is 1. The van der Waals surface area contributed by atoms with Gasteiger partial charge in [0, 0.05) is 12.5 Å². The molecule has 3 aromatic rings. The van der Waals surface area contributed by atoms with Crippen molar-refractivity contribution in [3.8, 4) is 11.5 Å². The van der Waals surface area contributed by atoms with E-state index in [0.29, 0.717) is 0 Å². The first-order valence-corrected chi connectivity index (χ1v) is 6.62. The molecule has 0 saturated heterocycles. The van der Waals surface area contributed by atoms with E-state index in [4.69, 9.17) is 9.47 Å². The van der Waals surface area contributed by atoms with Crippen LogP contribution in [0.5, 0.6) is 11.5 Å². The molecule has 2 heterocycles. The van der Waals surface area contributed by atoms with Gasteiger partial charge in [-0.3, -0.25) is 0 Å². The Hall–Kier alpha value is -2.49. The lowest BCUT2D eigenvalue weighted by molar-refractivity contribution is 0.229. The van der Waals surface area contributed by atoms with Gasteiger partial charge in [-0.25, -0.2) is 4.98 Å². The minimum absolute atomic E-state index is 0.0363. The molecule has 0 fully saturated rings. The third-order valence-corrected chi connectivity index (χ3v) is 3.66. The molecule has 20 heavy (non-hydrogen) atoms. The van der Waals surface area contributed by atoms with E-state index < -0.39 is 0 Å². The number of H-pyrrole nitrogens is 1. The largest absolute Gasteiger partial charge is 0.497 e. The van der Waals surface area contributed by atoms with Crippen molar-refractivity contribution in [2.75, 3.05) is 7.11 Å². The number of nitrogens with zero attached hydrogens (tertiary/aromatic N) is 1. The third-order valence-electron chi connectivity index (χ3n) is 3.66. The predicted octanol–water partition coefficient (Wildman–Crippen LogP) is 3.25. The Kier molecular flexibility index (Phi) is 2.42. The zero-order valence-electron chi connectivity index (χ0n) is 11.1. The number of benzene rings is 2. The Bertz CT molecular complexity index is 754. The summed E-state index contributed by atoms with van der Waals surface area (Å²) in [6, 6.07) is 13.9. The predicted molar refractivity (Wildman–Crippen MR) is 76.2 cm³/mol. The summed E-state index contributed by atoms with van der Waals surface area (Å²) in [6.45, 7) is 0. The number of ether oxygens (including phenoxy) is 2. The molecule has 1 aromatic heterocycles. The first-order valence-electron chi connectivity index (χ1n) is 6.62. The van der Waals surface area contributed by atoms with Gasteiger partial charge < -0.3 is 14.5 Å². The Morgan fingerprint density at radius 3 is 3.00 bits per heavy atom. The van der Waals surface area contributed by atoms with E-state index in [9.17, 15) is 0 Å². The van der Waals surface area contributed by atoms with Crippen molar-refractivity contribution in [3.63, 3.8) is 0 Å². The van der Waals surface area contributed by atoms with Gasteiger partial charge in [-0.2, -0.15) is 0 Å². The summed E-state index contributed by atoms with van der Waals surface area (Å²) < 4.78 is 11.2. The van der Waals surface area contributed by atoms with Gasteiger partial charge >= 0.3 is 0 Å². The molecular weight excluding hydrogens is 252 g/mol. The molecule has 0 spiro atoms. The smallest absolute Gasteiger partial charge is 0.160 e. The maximum absolute atomic E-state index is 5.95. The van der Waals surface area contributed by atoms with Gasteiger partial charge in [-0.15, -0.1) is 0 Å². The lowest BCUT2D eigenvalue weighted by atomic mass is 10.1. The molecule has 100 valence electrons. The van der Waals surface area contributed by atoms with E-state index in [-0.39, 0.29) is 6.10 Å². The van der Waals surface area contributed by atoms with E-state index in [1.54, 1.807) is 7.11 Å². The second-order valence-corrected chi connectivity index (χ2v) is 4.92. The van der Waals surface area contributed by atoms with Crippen molar-refractivity contribution in [2.45, 2.75) is 12.5 Å². The summed E-state index contributed by atoms with van der Waals surface area (Å²) in [5.41, 5.74) is 3.13. The van der Waals surface area contributed by atoms with E-state index in [1.807, 2.05) is 36.4 Å². The molecule has 0 bridgehead atoms. The normalized spacial score (nSPS) is 16.9. The molecule has 0 amide bonds. The fraction of sp³-hybridized carbons (Fsp3) is 0.188. The van der Waals surface area contributed by atoms with Crippen LogP contribution >= 0.6 is 0 Å². The highest BCUT2D eigenvalue weighted by atomic mass is 16.5. The van der Waals surface area contributed by atoms with E-state index in [2.05, 4.69) is 16.0 Å². The zero-order valence-corrected chi connectivity index (χ0v) is 11.1. The molecule has 2 aromatic carbocycles. The van der Waals surface area contributed by atoms with Crippen LogP contribution in [0.15, 0.2) is 42.5 Å². The Balaban J connectivity index is 1.70. The summed E-state index contributed by atoms with van der Waals surface area (Å²) in [4.78, 5) is 7.95. The van der Waals surface area contributed by atoms with Crippen molar-refractivity contribution >= 4 is 11.0 Å². The molecule has 1 unspecified atom stereocenters. The Labute approximate surface area is 116 Å². The molecule has 1 N–H and O–H groups in total. The highest BCUT2D eigenvalue weighted by molar-refractivity contribution is 5.76. The molecule has 0 aliphatic carbocycles. The van der Waals surface area contributed by atoms with Crippen LogP contribution in [0.25, 0.3) is 11.0 Å². The second-order valence-electron chi connectivity index (χ2n) is 4.92. The molecule has 0 radical (unpaired) electrons. The summed E-state index contributed by atoms with van der Waals surface area (Å²) in [6.07, 6.45) is 0.818. The quantitative estimate of drug-likeness (QED) is 0.774. The van der Waals surface area contributed by atoms with E-state index in [0.717, 1.165) is 34.8 Å². The van der Waals surface area contributed by atoms with E-state index in [1.165, 1.54) is 5.56 Å². The number of nitrogens with one attached hydrogen (secondary N) is 1. The van der Waals surface area contributed by atoms with Crippen molar-refractivity contribution in [1.29, 1.82) is 0 Å². The van der Waals surface area contributed by atoms with Gasteiger partial charge in [0.25, 0.3) is 0 Å². The SMILES string of the molecule is COc1ccc2nc(C3Cc4ccccc4O3)[nH]c2c1. The first-order chi connectivity index (χ1) is 9.83. The van der Waals surface area contributed by atoms with Crippen LogP contribution < -0.4 is 9.47 Å². The average molecular weight is 266 g/mol. The van der Waals surface area contributed by atoms with Gasteiger partial charge in [-0.05, 0) is 23.8 Å². The standard InChI is InChI=1S/C16H14N2O2/c1-19-11-6-7-12-13(9-11)18-16(17-12)15-8-10-4-2-3-5-14(10)20-15/h2-7,9,15H,8H2,1H3,(H,17,18). The third kappa shape index (κ3) is 1.72. The number of aromatic amines is 1. The van der Waals surface area contributed by atoms with Crippen LogP contribution in [-0.2, 0) is 6.42 Å². The van der Waals surface area contributed by atoms with Gasteiger partial charge in [0.2, 0.25) is 0 Å². The summed E-state index contributed by atoms with van der Waals surface area (Å²) >= 11 is 0. The van der Waals surface area contributed by atoms with Crippen LogP contribution in [-0.4, -0.2) is 17.1 Å². The highest BCUT2D eigenvalue weighted by Gasteiger charge is 2.26. The summed E-state index contributed by atoms with van der Waals surface area (Å²) in [5, 5.41) is 0. The van der Waals surface area contributed by atoms with Gasteiger partial charge in [0.15, 0.2) is 6.10 Å². The van der Waals surface area contributed by atoms with Crippen LogP contribution in [0.3, 0.4) is 0 Å². The minimum Gasteiger partial charge on any atom is -0.497 e. The van der Waals surface area contributed by atoms with Crippen LogP contribution in [0.1, 0.15) is 17.5 Å². The zero-order chi connectivity index (χ0) is 13.5. The molecule has 4 rings (SSSR count). The summed E-state index contributed by atoms with van der Waals surface area (Å²) in [5.74, 6) is 2.64. The molecule has 1 aliphatic rings. The van der Waals surface area contributed by atoms with Crippen LogP contribution in [0, 0.1) is 0 Å². The number of hydrogen-bond donors (Lipinski definition) is 1. The highest BCUT2D eigenvalue weighted by Crippen LogP contribution is 2.36. The number of fused-ring (bicyclic) bond motifs is 2. The van der Waals surface area contributed by atoms with E-state index >= 15 is 0 Å². The van der Waals surface area contributed by atoms with Gasteiger partial charge in [0.1, 0.15) is 17.3 Å². The molecule has 4 heteroatoms. The molecule has 1 aliphatic heterocycles. The van der Waals surface area contributed by atoms with Gasteiger partial charge in [0.05, 0.1) is 18.1 Å². The number of aromatic nitrogens is 2. The fourth-order valence-electron chi connectivity index (χ4n) is 2.62. The summed E-state index contributed by atoms with van der Waals surface area (Å²) in [7, 11) is 1.66. The second kappa shape index (κ2) is 4.27. The topological polar surface area (TPSA) is 47.1 Å². The van der Waals surface area contributed by atoms with Crippen molar-refractivity contribution in [3.05, 3.63) is 53.9 Å². The van der Waals surface area contributed by atoms with Crippen molar-refractivity contribution in [1.82, 2.24) is 9.97 Å². The number of imidazole rings is 1. The molecule has 1 atom stereocenters. The van der Waals surface area contributed by atoms with Gasteiger partial charge in [-0.1, -0.05) is 18.2 Å². The molecule has 0 saturated carbocycles.